The van der Waals surface area contributed by atoms with Crippen LogP contribution in [-0.4, -0.2) is 76.0 Å². The highest BCUT2D eigenvalue weighted by atomic mass is 19.1. The minimum Gasteiger partial charge on any atom is -0.508 e. The van der Waals surface area contributed by atoms with Crippen LogP contribution in [0, 0.1) is 22.5 Å². The highest BCUT2D eigenvalue weighted by molar-refractivity contribution is 6.01. The van der Waals surface area contributed by atoms with Crippen molar-refractivity contribution >= 4 is 27.5 Å². The number of pyridine rings is 1. The zero-order valence-corrected chi connectivity index (χ0v) is 25.8. The quantitative estimate of drug-likeness (QED) is 0.259. The maximum Gasteiger partial charge on any atom is 0.319 e. The van der Waals surface area contributed by atoms with Crippen LogP contribution in [0.15, 0.2) is 30.5 Å². The Morgan fingerprint density at radius 1 is 1.11 bits per heavy atom. The highest BCUT2D eigenvalue weighted by Crippen LogP contribution is 2.78. The van der Waals surface area contributed by atoms with Crippen molar-refractivity contribution in [3.8, 4) is 23.0 Å². The predicted molar refractivity (Wildman–Crippen MR) is 166 cm³/mol. The lowest BCUT2D eigenvalue weighted by atomic mass is 9.94. The average molecular weight is 604 g/mol. The number of aromatic nitrogens is 3. The van der Waals surface area contributed by atoms with Crippen LogP contribution in [0.2, 0.25) is 0 Å². The first-order chi connectivity index (χ1) is 20.9. The second kappa shape index (κ2) is 10.2. The molecule has 232 valence electrons. The Morgan fingerprint density at radius 3 is 2.59 bits per heavy atom. The molecular formula is C34H39F2N5O3. The Balaban J connectivity index is 1.37. The Hall–Kier alpha value is -3.63. The van der Waals surface area contributed by atoms with E-state index < -0.39 is 17.2 Å². The van der Waals surface area contributed by atoms with Crippen LogP contribution >= 0.6 is 0 Å². The molecule has 2 atom stereocenters. The molecule has 4 aromatic rings. The van der Waals surface area contributed by atoms with Crippen molar-refractivity contribution in [2.75, 3.05) is 45.2 Å². The molecule has 44 heavy (non-hydrogen) atoms. The fourth-order valence-corrected chi connectivity index (χ4v) is 7.69. The van der Waals surface area contributed by atoms with E-state index in [1.165, 1.54) is 31.2 Å². The number of rotatable bonds is 8. The van der Waals surface area contributed by atoms with Crippen LogP contribution < -0.4 is 9.64 Å². The number of β-amino-alcohol motifs (C(OH)–C–C–N with tert-alkyl or cyclic N) is 1. The number of anilines is 1. The Kier molecular flexibility index (Phi) is 6.75. The van der Waals surface area contributed by atoms with Gasteiger partial charge in [-0.25, -0.2) is 8.78 Å². The van der Waals surface area contributed by atoms with Crippen molar-refractivity contribution < 1.29 is 23.7 Å². The lowest BCUT2D eigenvalue weighted by Gasteiger charge is -2.37. The van der Waals surface area contributed by atoms with Gasteiger partial charge in [-0.15, -0.1) is 0 Å². The number of phenols is 1. The van der Waals surface area contributed by atoms with Crippen LogP contribution in [0.4, 0.5) is 14.6 Å². The molecule has 3 heterocycles. The largest absolute Gasteiger partial charge is 0.508 e. The molecule has 1 unspecified atom stereocenters. The van der Waals surface area contributed by atoms with Gasteiger partial charge in [0.15, 0.2) is 5.82 Å². The molecule has 2 aromatic heterocycles. The Bertz CT molecular complexity index is 1790. The average Bonchev–Trinajstić information content (AvgIpc) is 3.87. The molecule has 3 fully saturated rings. The predicted octanol–water partition coefficient (Wildman–Crippen LogP) is 5.85. The van der Waals surface area contributed by atoms with E-state index in [0.29, 0.717) is 65.5 Å². The number of hydrogen-bond donors (Lipinski definition) is 2. The van der Waals surface area contributed by atoms with Crippen LogP contribution in [0.5, 0.6) is 11.8 Å². The summed E-state index contributed by atoms with van der Waals surface area (Å²) in [5, 5.41) is 22.9. The fraction of sp³-hybridized carbons (Fsp3) is 0.500. The van der Waals surface area contributed by atoms with Gasteiger partial charge in [0, 0.05) is 36.8 Å². The van der Waals surface area contributed by atoms with E-state index in [2.05, 4.69) is 29.0 Å². The number of aliphatic hydroxyl groups is 1. The third-order valence-corrected chi connectivity index (χ3v) is 10.0. The van der Waals surface area contributed by atoms with Crippen LogP contribution in [-0.2, 0) is 6.42 Å². The van der Waals surface area contributed by atoms with Gasteiger partial charge in [0.2, 0.25) is 0 Å². The SMILES string of the molecule is CCc1c(F)ccc2cc(O)cc(-c3ncc4c(N5CCC[C@@](C)(O)C5)nc(OCC5(CN(C)C)CC56CC6)nc4c3F)c12. The summed E-state index contributed by atoms with van der Waals surface area (Å²) in [5.74, 6) is -0.713. The molecule has 3 aliphatic rings. The second-order valence-electron chi connectivity index (χ2n) is 13.8. The number of aromatic hydroxyl groups is 1. The lowest BCUT2D eigenvalue weighted by molar-refractivity contribution is 0.0447. The molecule has 0 amide bonds. The summed E-state index contributed by atoms with van der Waals surface area (Å²) in [7, 11) is 4.13. The first kappa shape index (κ1) is 29.1. The number of nitrogens with zero attached hydrogens (tertiary/aromatic N) is 5. The van der Waals surface area contributed by atoms with Gasteiger partial charge >= 0.3 is 6.01 Å². The zero-order chi connectivity index (χ0) is 31.0. The zero-order valence-electron chi connectivity index (χ0n) is 25.8. The molecule has 2 saturated carbocycles. The van der Waals surface area contributed by atoms with E-state index in [0.717, 1.165) is 19.4 Å². The summed E-state index contributed by atoms with van der Waals surface area (Å²) in [6.07, 6.45) is 6.80. The first-order valence-corrected chi connectivity index (χ1v) is 15.5. The van der Waals surface area contributed by atoms with Gasteiger partial charge in [0.1, 0.15) is 28.6 Å². The van der Waals surface area contributed by atoms with E-state index in [-0.39, 0.29) is 33.9 Å². The van der Waals surface area contributed by atoms with Gasteiger partial charge < -0.3 is 24.7 Å². The van der Waals surface area contributed by atoms with Crippen LogP contribution in [0.25, 0.3) is 32.9 Å². The fourth-order valence-electron chi connectivity index (χ4n) is 7.69. The lowest BCUT2D eigenvalue weighted by Crippen LogP contribution is -2.46. The van der Waals surface area contributed by atoms with Gasteiger partial charge in [0.25, 0.3) is 0 Å². The van der Waals surface area contributed by atoms with Gasteiger partial charge in [0.05, 0.1) is 17.6 Å². The molecule has 0 radical (unpaired) electrons. The number of hydrogen-bond acceptors (Lipinski definition) is 8. The van der Waals surface area contributed by atoms with E-state index in [1.54, 1.807) is 19.1 Å². The van der Waals surface area contributed by atoms with Crippen molar-refractivity contribution in [3.63, 3.8) is 0 Å². The second-order valence-corrected chi connectivity index (χ2v) is 13.8. The third-order valence-electron chi connectivity index (χ3n) is 10.0. The summed E-state index contributed by atoms with van der Waals surface area (Å²) >= 11 is 0. The molecule has 10 heteroatoms. The number of aryl methyl sites for hydroxylation is 1. The summed E-state index contributed by atoms with van der Waals surface area (Å²) in [5.41, 5.74) is 0.128. The maximum atomic E-state index is 16.8. The van der Waals surface area contributed by atoms with E-state index in [1.807, 2.05) is 11.8 Å². The summed E-state index contributed by atoms with van der Waals surface area (Å²) in [6.45, 7) is 5.92. The van der Waals surface area contributed by atoms with Crippen molar-refractivity contribution in [2.24, 2.45) is 10.8 Å². The Labute approximate surface area is 255 Å². The Morgan fingerprint density at radius 2 is 1.91 bits per heavy atom. The molecule has 8 nitrogen and oxygen atoms in total. The minimum absolute atomic E-state index is 0.0207. The number of fused-ring (bicyclic) bond motifs is 2. The topological polar surface area (TPSA) is 94.8 Å². The molecule has 2 aromatic carbocycles. The molecule has 2 aliphatic carbocycles. The van der Waals surface area contributed by atoms with Crippen molar-refractivity contribution in [1.29, 1.82) is 0 Å². The maximum absolute atomic E-state index is 16.8. The minimum atomic E-state index is -0.925. The smallest absolute Gasteiger partial charge is 0.319 e. The van der Waals surface area contributed by atoms with Gasteiger partial charge in [-0.3, -0.25) is 4.98 Å². The summed E-state index contributed by atoms with van der Waals surface area (Å²) < 4.78 is 38.0. The molecule has 0 bridgehead atoms. The molecule has 2 N–H and O–H groups in total. The third kappa shape index (κ3) is 4.83. The van der Waals surface area contributed by atoms with E-state index in [9.17, 15) is 14.6 Å². The van der Waals surface area contributed by atoms with Gasteiger partial charge in [-0.1, -0.05) is 13.0 Å². The number of piperidine rings is 1. The highest BCUT2D eigenvalue weighted by Gasteiger charge is 2.74. The number of ether oxygens (including phenoxy) is 1. The van der Waals surface area contributed by atoms with Crippen molar-refractivity contribution in [1.82, 2.24) is 19.9 Å². The van der Waals surface area contributed by atoms with Gasteiger partial charge in [-0.2, -0.15) is 9.97 Å². The van der Waals surface area contributed by atoms with Crippen molar-refractivity contribution in [3.05, 3.63) is 47.7 Å². The summed E-state index contributed by atoms with van der Waals surface area (Å²) in [4.78, 5) is 18.1. The van der Waals surface area contributed by atoms with E-state index >= 15 is 4.39 Å². The van der Waals surface area contributed by atoms with Crippen molar-refractivity contribution in [2.45, 2.75) is 58.0 Å². The van der Waals surface area contributed by atoms with E-state index in [4.69, 9.17) is 9.72 Å². The molecule has 1 aliphatic heterocycles. The monoisotopic (exact) mass is 603 g/mol. The first-order valence-electron chi connectivity index (χ1n) is 15.5. The summed E-state index contributed by atoms with van der Waals surface area (Å²) in [6, 6.07) is 5.98. The molecule has 7 rings (SSSR count). The van der Waals surface area contributed by atoms with Crippen LogP contribution in [0.3, 0.4) is 0 Å². The standard InChI is InChI=1S/C34H39F2N5O3/c1-5-22-25(35)8-7-20-13-21(42)14-23(26(20)22)28-27(36)29-24(15-37-28)30(41-12-6-9-32(2,43)17-41)39-31(38-29)44-19-34(18-40(3)4)16-33(34)10-11-33/h7-8,13-15,42-43H,5-6,9-12,16-19H2,1-4H3/t32-,34?/m1/s1. The van der Waals surface area contributed by atoms with Gasteiger partial charge in [-0.05, 0) is 99.5 Å². The van der Waals surface area contributed by atoms with Crippen LogP contribution in [0.1, 0.15) is 51.5 Å². The number of halogens is 2. The molecule has 1 saturated heterocycles. The normalized spacial score (nSPS) is 24.0. The number of benzene rings is 2. The molecule has 1 spiro atoms. The molecular weight excluding hydrogens is 564 g/mol. The number of phenolic OH excluding ortho intramolecular Hbond substituents is 1.